The van der Waals surface area contributed by atoms with Gasteiger partial charge in [-0.05, 0) is 31.6 Å². The predicted octanol–water partition coefficient (Wildman–Crippen LogP) is 2.75. The highest BCUT2D eigenvalue weighted by Gasteiger charge is 2.34. The number of Topliss-reactive ketones (excluding diaryl/α,β-unsaturated/α-hetero) is 1. The third-order valence-electron chi connectivity index (χ3n) is 3.52. The van der Waals surface area contributed by atoms with Crippen LogP contribution in [0.1, 0.15) is 35.4 Å². The molecular weight excluding hydrogens is 248 g/mol. The quantitative estimate of drug-likeness (QED) is 0.777. The van der Waals surface area contributed by atoms with Crippen molar-refractivity contribution in [1.82, 2.24) is 0 Å². The van der Waals surface area contributed by atoms with Gasteiger partial charge in [-0.3, -0.25) is 4.79 Å². The molecule has 1 aromatic rings. The van der Waals surface area contributed by atoms with E-state index in [4.69, 9.17) is 10.5 Å². The second-order valence-electron chi connectivity index (χ2n) is 5.17. The Bertz CT molecular complexity index is 476. The first-order valence-electron chi connectivity index (χ1n) is 6.45. The zero-order valence-corrected chi connectivity index (χ0v) is 11.3. The largest absolute Gasteiger partial charge is 0.492 e. The molecule has 0 unspecified atom stereocenters. The van der Waals surface area contributed by atoms with Crippen LogP contribution >= 0.6 is 11.3 Å². The molecule has 2 saturated carbocycles. The number of carbonyl (C=O) groups is 1. The lowest BCUT2D eigenvalue weighted by Gasteiger charge is -2.05. The Morgan fingerprint density at radius 3 is 2.72 bits per heavy atom. The van der Waals surface area contributed by atoms with Crippen molar-refractivity contribution in [3.8, 4) is 5.75 Å². The lowest BCUT2D eigenvalue weighted by Crippen LogP contribution is -2.03. The van der Waals surface area contributed by atoms with E-state index in [0.29, 0.717) is 16.3 Å². The van der Waals surface area contributed by atoms with Crippen LogP contribution in [0.15, 0.2) is 0 Å². The molecule has 0 aliphatic heterocycles. The number of thiophene rings is 1. The average Bonchev–Trinajstić information content (AvgIpc) is 3.25. The van der Waals surface area contributed by atoms with E-state index in [0.717, 1.165) is 30.3 Å². The molecule has 1 aromatic heterocycles. The molecule has 2 fully saturated rings. The molecule has 4 nitrogen and oxygen atoms in total. The van der Waals surface area contributed by atoms with Crippen LogP contribution in [0.2, 0.25) is 0 Å². The second kappa shape index (κ2) is 4.46. The maximum absolute atomic E-state index is 12.1. The number of nitrogens with one attached hydrogen (secondary N) is 1. The van der Waals surface area contributed by atoms with Crippen LogP contribution < -0.4 is 15.8 Å². The van der Waals surface area contributed by atoms with E-state index >= 15 is 0 Å². The average molecular weight is 266 g/mol. The maximum atomic E-state index is 12.1. The van der Waals surface area contributed by atoms with Crippen molar-refractivity contribution in [3.05, 3.63) is 4.88 Å². The molecule has 5 heteroatoms. The summed E-state index contributed by atoms with van der Waals surface area (Å²) >= 11 is 1.45. The number of anilines is 2. The molecule has 0 amide bonds. The van der Waals surface area contributed by atoms with Gasteiger partial charge in [0.1, 0.15) is 5.00 Å². The van der Waals surface area contributed by atoms with E-state index in [2.05, 4.69) is 5.32 Å². The topological polar surface area (TPSA) is 64.3 Å². The van der Waals surface area contributed by atoms with Crippen molar-refractivity contribution in [2.24, 2.45) is 11.8 Å². The Balaban J connectivity index is 1.82. The van der Waals surface area contributed by atoms with E-state index in [1.807, 2.05) is 0 Å². The first-order valence-corrected chi connectivity index (χ1v) is 7.26. The third-order valence-corrected chi connectivity index (χ3v) is 4.68. The van der Waals surface area contributed by atoms with E-state index in [9.17, 15) is 4.79 Å². The summed E-state index contributed by atoms with van der Waals surface area (Å²) in [6.45, 7) is 0.952. The fraction of sp³-hybridized carbons (Fsp3) is 0.615. The van der Waals surface area contributed by atoms with Gasteiger partial charge in [0.2, 0.25) is 0 Å². The van der Waals surface area contributed by atoms with Gasteiger partial charge in [0, 0.05) is 12.5 Å². The van der Waals surface area contributed by atoms with E-state index in [1.54, 1.807) is 7.11 Å². The van der Waals surface area contributed by atoms with Crippen LogP contribution in [-0.4, -0.2) is 19.4 Å². The number of ketones is 1. The number of methoxy groups -OCH3 is 1. The zero-order valence-electron chi connectivity index (χ0n) is 10.5. The standard InChI is InChI=1S/C13H18N2O2S/c1-17-11-9(14)12(10(16)8-4-5-8)18-13(11)15-6-7-2-3-7/h7-8,15H,2-6,14H2,1H3. The van der Waals surface area contributed by atoms with Crippen LogP contribution in [0, 0.1) is 11.8 Å². The van der Waals surface area contributed by atoms with Gasteiger partial charge in [-0.1, -0.05) is 0 Å². The third kappa shape index (κ3) is 2.19. The molecule has 0 spiro atoms. The lowest BCUT2D eigenvalue weighted by molar-refractivity contribution is 0.0972. The molecule has 2 aliphatic rings. The number of hydrogen-bond donors (Lipinski definition) is 2. The van der Waals surface area contributed by atoms with E-state index in [1.165, 1.54) is 24.2 Å². The summed E-state index contributed by atoms with van der Waals surface area (Å²) < 4.78 is 5.33. The van der Waals surface area contributed by atoms with Crippen molar-refractivity contribution in [1.29, 1.82) is 0 Å². The van der Waals surface area contributed by atoms with Gasteiger partial charge in [0.25, 0.3) is 0 Å². The molecule has 1 heterocycles. The van der Waals surface area contributed by atoms with Gasteiger partial charge in [-0.25, -0.2) is 0 Å². The number of hydrogen-bond acceptors (Lipinski definition) is 5. The summed E-state index contributed by atoms with van der Waals surface area (Å²) in [5.41, 5.74) is 6.54. The summed E-state index contributed by atoms with van der Waals surface area (Å²) in [5, 5.41) is 4.27. The highest BCUT2D eigenvalue weighted by atomic mass is 32.1. The fourth-order valence-electron chi connectivity index (χ4n) is 2.02. The van der Waals surface area contributed by atoms with Crippen LogP contribution in [0.4, 0.5) is 10.7 Å². The number of ether oxygens (including phenoxy) is 1. The molecule has 0 radical (unpaired) electrons. The summed E-state index contributed by atoms with van der Waals surface area (Å²) in [5.74, 6) is 1.81. The first-order chi connectivity index (χ1) is 8.70. The van der Waals surface area contributed by atoms with Crippen molar-refractivity contribution in [3.63, 3.8) is 0 Å². The van der Waals surface area contributed by atoms with Gasteiger partial charge < -0.3 is 15.8 Å². The van der Waals surface area contributed by atoms with Crippen molar-refractivity contribution in [2.45, 2.75) is 25.7 Å². The fourth-order valence-corrected chi connectivity index (χ4v) is 3.14. The summed E-state index contributed by atoms with van der Waals surface area (Å²) in [7, 11) is 1.60. The molecule has 0 saturated heterocycles. The van der Waals surface area contributed by atoms with Gasteiger partial charge in [0.05, 0.1) is 17.7 Å². The minimum Gasteiger partial charge on any atom is -0.492 e. The van der Waals surface area contributed by atoms with Crippen molar-refractivity contribution >= 4 is 27.8 Å². The Morgan fingerprint density at radius 1 is 1.44 bits per heavy atom. The summed E-state index contributed by atoms with van der Waals surface area (Å²) in [4.78, 5) is 12.8. The summed E-state index contributed by atoms with van der Waals surface area (Å²) in [6.07, 6.45) is 4.60. The van der Waals surface area contributed by atoms with Gasteiger partial charge in [-0.15, -0.1) is 11.3 Å². The molecule has 18 heavy (non-hydrogen) atoms. The molecule has 98 valence electrons. The molecular formula is C13H18N2O2S. The predicted molar refractivity (Wildman–Crippen MR) is 73.6 cm³/mol. The first kappa shape index (κ1) is 11.8. The normalized spacial score (nSPS) is 18.7. The lowest BCUT2D eigenvalue weighted by atomic mass is 10.2. The highest BCUT2D eigenvalue weighted by Crippen LogP contribution is 2.46. The van der Waals surface area contributed by atoms with Crippen LogP contribution in [0.25, 0.3) is 0 Å². The van der Waals surface area contributed by atoms with Crippen molar-refractivity contribution < 1.29 is 9.53 Å². The molecule has 3 N–H and O–H groups in total. The van der Waals surface area contributed by atoms with Gasteiger partial charge in [-0.2, -0.15) is 0 Å². The monoisotopic (exact) mass is 266 g/mol. The maximum Gasteiger partial charge on any atom is 0.178 e. The van der Waals surface area contributed by atoms with Crippen LogP contribution in [0.5, 0.6) is 5.75 Å². The smallest absolute Gasteiger partial charge is 0.178 e. The Kier molecular flexibility index (Phi) is 2.93. The Labute approximate surface area is 111 Å². The van der Waals surface area contributed by atoms with Crippen molar-refractivity contribution in [2.75, 3.05) is 24.7 Å². The number of nitrogen functional groups attached to an aromatic ring is 1. The number of carbonyl (C=O) groups excluding carboxylic acids is 1. The number of nitrogens with two attached hydrogens (primary N) is 1. The minimum atomic E-state index is 0.190. The van der Waals surface area contributed by atoms with E-state index in [-0.39, 0.29) is 11.7 Å². The molecule has 0 bridgehead atoms. The molecule has 0 atom stereocenters. The zero-order chi connectivity index (χ0) is 12.7. The second-order valence-corrected chi connectivity index (χ2v) is 6.19. The number of rotatable bonds is 6. The Hall–Kier alpha value is -1.23. The SMILES string of the molecule is COc1c(NCC2CC2)sc(C(=O)C2CC2)c1N. The molecule has 0 aromatic carbocycles. The van der Waals surface area contributed by atoms with Gasteiger partial charge >= 0.3 is 0 Å². The van der Waals surface area contributed by atoms with Crippen LogP contribution in [0.3, 0.4) is 0 Å². The van der Waals surface area contributed by atoms with Gasteiger partial charge in [0.15, 0.2) is 11.5 Å². The molecule has 2 aliphatic carbocycles. The highest BCUT2D eigenvalue weighted by molar-refractivity contribution is 7.19. The minimum absolute atomic E-state index is 0.190. The van der Waals surface area contributed by atoms with Crippen LogP contribution in [-0.2, 0) is 0 Å². The summed E-state index contributed by atoms with van der Waals surface area (Å²) in [6, 6.07) is 0. The Morgan fingerprint density at radius 2 is 2.17 bits per heavy atom. The molecule has 3 rings (SSSR count). The van der Waals surface area contributed by atoms with E-state index < -0.39 is 0 Å².